The molecule has 0 aliphatic carbocycles. The molecule has 1 amide bonds. The van der Waals surface area contributed by atoms with Crippen LogP contribution in [0, 0.1) is 0 Å². The molecule has 29 heavy (non-hydrogen) atoms. The second-order valence-electron chi connectivity index (χ2n) is 6.41. The van der Waals surface area contributed by atoms with Crippen molar-refractivity contribution in [2.75, 3.05) is 0 Å². The molecule has 4 aromatic rings. The number of hydrogen-bond donors (Lipinski definition) is 1. The molecule has 5 nitrogen and oxygen atoms in total. The van der Waals surface area contributed by atoms with Crippen LogP contribution in [0.4, 0.5) is 0 Å². The lowest BCUT2D eigenvalue weighted by atomic mass is 10.1. The van der Waals surface area contributed by atoms with Crippen LogP contribution in [0.25, 0.3) is 10.8 Å². The van der Waals surface area contributed by atoms with Gasteiger partial charge in [-0.15, -0.1) is 0 Å². The topological polar surface area (TPSA) is 63.6 Å². The second kappa shape index (κ2) is 8.80. The molecule has 5 heteroatoms. The molecule has 0 aliphatic heterocycles. The lowest BCUT2D eigenvalue weighted by molar-refractivity contribution is 0.0954. The second-order valence-corrected chi connectivity index (χ2v) is 6.41. The van der Waals surface area contributed by atoms with Crippen LogP contribution in [-0.4, -0.2) is 17.1 Å². The third kappa shape index (κ3) is 4.47. The van der Waals surface area contributed by atoms with Crippen LogP contribution in [0.2, 0.25) is 0 Å². The highest BCUT2D eigenvalue weighted by Crippen LogP contribution is 2.22. The average Bonchev–Trinajstić information content (AvgIpc) is 2.79. The Morgan fingerprint density at radius 2 is 1.79 bits per heavy atom. The fourth-order valence-corrected chi connectivity index (χ4v) is 3.01. The number of nitrogens with zero attached hydrogens (tertiary/aromatic N) is 2. The molecule has 0 saturated heterocycles. The summed E-state index contributed by atoms with van der Waals surface area (Å²) in [7, 11) is 0. The fourth-order valence-electron chi connectivity index (χ4n) is 3.01. The first kappa shape index (κ1) is 18.4. The largest absolute Gasteiger partial charge is 0.488 e. The molecule has 0 saturated carbocycles. The van der Waals surface area contributed by atoms with Crippen molar-refractivity contribution in [1.29, 1.82) is 0 Å². The zero-order valence-corrected chi connectivity index (χ0v) is 15.7. The Hall–Kier alpha value is -3.99. The first-order valence-electron chi connectivity index (χ1n) is 9.23. The van der Waals surface area contributed by atoms with E-state index < -0.39 is 0 Å². The van der Waals surface area contributed by atoms with Crippen LogP contribution in [-0.2, 0) is 6.61 Å². The normalized spacial score (nSPS) is 10.9. The molecule has 0 fully saturated rings. The van der Waals surface area contributed by atoms with E-state index in [2.05, 4.69) is 39.8 Å². The van der Waals surface area contributed by atoms with Gasteiger partial charge in [0.1, 0.15) is 12.4 Å². The van der Waals surface area contributed by atoms with E-state index in [0.29, 0.717) is 17.9 Å². The Morgan fingerprint density at radius 3 is 2.69 bits per heavy atom. The highest BCUT2D eigenvalue weighted by atomic mass is 16.5. The lowest BCUT2D eigenvalue weighted by Crippen LogP contribution is -2.17. The van der Waals surface area contributed by atoms with Crippen molar-refractivity contribution >= 4 is 22.9 Å². The van der Waals surface area contributed by atoms with E-state index in [9.17, 15) is 4.79 Å². The minimum Gasteiger partial charge on any atom is -0.488 e. The van der Waals surface area contributed by atoms with Gasteiger partial charge in [-0.25, -0.2) is 5.43 Å². The number of hydrazone groups is 1. The molecule has 0 atom stereocenters. The molecule has 142 valence electrons. The van der Waals surface area contributed by atoms with E-state index in [1.165, 1.54) is 17.0 Å². The van der Waals surface area contributed by atoms with Crippen molar-refractivity contribution in [3.63, 3.8) is 0 Å². The molecule has 1 aromatic heterocycles. The van der Waals surface area contributed by atoms with E-state index in [1.807, 2.05) is 42.5 Å². The summed E-state index contributed by atoms with van der Waals surface area (Å²) in [5.74, 6) is 0.378. The summed E-state index contributed by atoms with van der Waals surface area (Å²) in [6.07, 6.45) is 4.68. The molecule has 1 N–H and O–H groups in total. The lowest BCUT2D eigenvalue weighted by Gasteiger charge is -2.11. The maximum Gasteiger partial charge on any atom is 0.272 e. The van der Waals surface area contributed by atoms with E-state index in [1.54, 1.807) is 24.5 Å². The van der Waals surface area contributed by atoms with E-state index in [0.717, 1.165) is 11.1 Å². The van der Waals surface area contributed by atoms with Crippen LogP contribution >= 0.6 is 0 Å². The fraction of sp³-hybridized carbons (Fsp3) is 0.0417. The van der Waals surface area contributed by atoms with Crippen molar-refractivity contribution in [2.24, 2.45) is 5.10 Å². The van der Waals surface area contributed by atoms with Gasteiger partial charge in [0.25, 0.3) is 5.91 Å². The Bertz CT molecular complexity index is 1150. The number of ether oxygens (including phenoxy) is 1. The maximum atomic E-state index is 12.1. The van der Waals surface area contributed by atoms with Gasteiger partial charge in [0, 0.05) is 18.0 Å². The Morgan fingerprint density at radius 1 is 0.966 bits per heavy atom. The molecule has 4 rings (SSSR count). The molecular formula is C24H19N3O2. The highest BCUT2D eigenvalue weighted by Gasteiger charge is 2.06. The van der Waals surface area contributed by atoms with Crippen LogP contribution in [0.3, 0.4) is 0 Å². The predicted molar refractivity (Wildman–Crippen MR) is 114 cm³/mol. The Labute approximate surface area is 168 Å². The Balaban J connectivity index is 1.46. The average molecular weight is 381 g/mol. The first-order valence-corrected chi connectivity index (χ1v) is 9.23. The number of carbonyl (C=O) groups excluding carboxylic acids is 1. The van der Waals surface area contributed by atoms with Crippen LogP contribution < -0.4 is 10.2 Å². The van der Waals surface area contributed by atoms with Gasteiger partial charge in [-0.2, -0.15) is 5.10 Å². The van der Waals surface area contributed by atoms with Crippen molar-refractivity contribution in [3.8, 4) is 5.75 Å². The third-order valence-electron chi connectivity index (χ3n) is 4.48. The summed E-state index contributed by atoms with van der Waals surface area (Å²) in [6, 6.07) is 25.4. The summed E-state index contributed by atoms with van der Waals surface area (Å²) in [6.45, 7) is 0.439. The smallest absolute Gasteiger partial charge is 0.272 e. The number of pyridine rings is 1. The molecule has 0 spiro atoms. The van der Waals surface area contributed by atoms with Crippen LogP contribution in [0.5, 0.6) is 5.75 Å². The van der Waals surface area contributed by atoms with E-state index in [-0.39, 0.29) is 5.91 Å². The zero-order chi connectivity index (χ0) is 19.9. The zero-order valence-electron chi connectivity index (χ0n) is 15.7. The monoisotopic (exact) mass is 381 g/mol. The van der Waals surface area contributed by atoms with E-state index >= 15 is 0 Å². The highest BCUT2D eigenvalue weighted by molar-refractivity contribution is 5.94. The number of para-hydroxylation sites is 1. The summed E-state index contributed by atoms with van der Waals surface area (Å²) < 4.78 is 6.06. The van der Waals surface area contributed by atoms with Crippen LogP contribution in [0.1, 0.15) is 21.5 Å². The molecule has 0 unspecified atom stereocenters. The summed E-state index contributed by atoms with van der Waals surface area (Å²) >= 11 is 0. The quantitative estimate of drug-likeness (QED) is 0.393. The maximum absolute atomic E-state index is 12.1. The summed E-state index contributed by atoms with van der Waals surface area (Å²) in [4.78, 5) is 16.0. The number of benzene rings is 3. The van der Waals surface area contributed by atoms with E-state index in [4.69, 9.17) is 4.74 Å². The molecule has 1 heterocycles. The molecule has 0 aliphatic rings. The van der Waals surface area contributed by atoms with Gasteiger partial charge in [-0.05, 0) is 40.6 Å². The summed E-state index contributed by atoms with van der Waals surface area (Å²) in [5, 5.41) is 6.40. The van der Waals surface area contributed by atoms with Crippen molar-refractivity contribution in [2.45, 2.75) is 6.61 Å². The number of fused-ring (bicyclic) bond motifs is 1. The van der Waals surface area contributed by atoms with Gasteiger partial charge in [-0.1, -0.05) is 54.6 Å². The van der Waals surface area contributed by atoms with Gasteiger partial charge < -0.3 is 4.74 Å². The molecular weight excluding hydrogens is 362 g/mol. The first-order chi connectivity index (χ1) is 14.3. The van der Waals surface area contributed by atoms with Crippen molar-refractivity contribution in [1.82, 2.24) is 10.4 Å². The molecule has 0 radical (unpaired) electrons. The minimum absolute atomic E-state index is 0.316. The predicted octanol–water partition coefficient (Wildman–Crippen LogP) is 4.58. The standard InChI is InChI=1S/C24H19N3O2/c28-24(20-11-6-14-25-15-20)27-26-16-19-8-2-4-13-23(19)29-17-21-10-5-9-18-7-1-3-12-22(18)21/h1-16H,17H2,(H,27,28)/b26-16-. The van der Waals surface area contributed by atoms with Crippen LogP contribution in [0.15, 0.2) is 96.4 Å². The van der Waals surface area contributed by atoms with Gasteiger partial charge in [-0.3, -0.25) is 9.78 Å². The minimum atomic E-state index is -0.316. The van der Waals surface area contributed by atoms with Gasteiger partial charge in [0.15, 0.2) is 0 Å². The number of rotatable bonds is 6. The molecule has 3 aromatic carbocycles. The number of aromatic nitrogens is 1. The summed E-state index contributed by atoms with van der Waals surface area (Å²) in [5.41, 5.74) is 4.84. The van der Waals surface area contributed by atoms with Gasteiger partial charge >= 0.3 is 0 Å². The van der Waals surface area contributed by atoms with Gasteiger partial charge in [0.05, 0.1) is 11.8 Å². The molecule has 0 bridgehead atoms. The third-order valence-corrected chi connectivity index (χ3v) is 4.48. The SMILES string of the molecule is O=C(N/N=C\c1ccccc1OCc1cccc2ccccc12)c1cccnc1. The number of amides is 1. The van der Waals surface area contributed by atoms with Crippen molar-refractivity contribution in [3.05, 3.63) is 108 Å². The number of nitrogens with one attached hydrogen (secondary N) is 1. The number of hydrogen-bond acceptors (Lipinski definition) is 4. The van der Waals surface area contributed by atoms with Gasteiger partial charge in [0.2, 0.25) is 0 Å². The Kier molecular flexibility index (Phi) is 5.58. The number of carbonyl (C=O) groups is 1. The van der Waals surface area contributed by atoms with Crippen molar-refractivity contribution < 1.29 is 9.53 Å².